The van der Waals surface area contributed by atoms with E-state index in [9.17, 15) is 4.79 Å². The molecule has 202 valence electrons. The molecule has 4 rings (SSSR count). The lowest BCUT2D eigenvalue weighted by atomic mass is 9.96. The summed E-state index contributed by atoms with van der Waals surface area (Å²) in [7, 11) is 0. The number of hydrogen-bond donors (Lipinski definition) is 1. The van der Waals surface area contributed by atoms with Crippen LogP contribution < -0.4 is 9.64 Å². The molecule has 1 aromatic heterocycles. The van der Waals surface area contributed by atoms with Crippen molar-refractivity contribution in [2.75, 3.05) is 31.1 Å². The molecule has 1 aliphatic rings. The molecule has 38 heavy (non-hydrogen) atoms. The number of aromatic nitrogens is 2. The van der Waals surface area contributed by atoms with Gasteiger partial charge in [0.25, 0.3) is 0 Å². The van der Waals surface area contributed by atoms with Crippen molar-refractivity contribution in [1.29, 1.82) is 0 Å². The first-order chi connectivity index (χ1) is 17.9. The predicted molar refractivity (Wildman–Crippen MR) is 152 cm³/mol. The van der Waals surface area contributed by atoms with E-state index in [1.165, 1.54) is 5.56 Å². The maximum Gasteiger partial charge on any atom is 0.324 e. The zero-order valence-corrected chi connectivity index (χ0v) is 23.2. The SMILES string of the molecule is CC#C[C@@H](CC(=O)O)c1ccc(OCc2ccc(CN3CCN(c4nc(C(C)C)no4)CC3)cc2)cc1.S. The monoisotopic (exact) mass is 536 g/mol. The number of nitrogens with zero attached hydrogens (tertiary/aromatic N) is 4. The first-order valence-electron chi connectivity index (χ1n) is 12.7. The lowest BCUT2D eigenvalue weighted by molar-refractivity contribution is -0.137. The van der Waals surface area contributed by atoms with Crippen molar-refractivity contribution < 1.29 is 19.2 Å². The number of piperazine rings is 1. The van der Waals surface area contributed by atoms with Gasteiger partial charge in [-0.3, -0.25) is 9.69 Å². The van der Waals surface area contributed by atoms with Crippen molar-refractivity contribution in [2.45, 2.75) is 52.2 Å². The summed E-state index contributed by atoms with van der Waals surface area (Å²) in [6, 6.07) is 16.6. The summed E-state index contributed by atoms with van der Waals surface area (Å²) < 4.78 is 11.4. The van der Waals surface area contributed by atoms with Crippen molar-refractivity contribution in [3.63, 3.8) is 0 Å². The number of aliphatic carboxylic acids is 1. The van der Waals surface area contributed by atoms with Crippen LogP contribution in [0.3, 0.4) is 0 Å². The Hall–Kier alpha value is -3.48. The van der Waals surface area contributed by atoms with Crippen LogP contribution in [-0.2, 0) is 17.9 Å². The molecule has 1 N–H and O–H groups in total. The number of carbonyl (C=O) groups is 1. The van der Waals surface area contributed by atoms with Crippen LogP contribution in [0.5, 0.6) is 5.75 Å². The Morgan fingerprint density at radius 1 is 1.05 bits per heavy atom. The van der Waals surface area contributed by atoms with Crippen LogP contribution in [0.4, 0.5) is 6.01 Å². The van der Waals surface area contributed by atoms with E-state index in [1.54, 1.807) is 6.92 Å². The molecule has 2 aromatic carbocycles. The highest BCUT2D eigenvalue weighted by molar-refractivity contribution is 7.59. The lowest BCUT2D eigenvalue weighted by Gasteiger charge is -2.33. The number of anilines is 1. The number of carboxylic acid groups (broad SMARTS) is 1. The molecule has 1 atom stereocenters. The molecular weight excluding hydrogens is 500 g/mol. The number of rotatable bonds is 10. The van der Waals surface area contributed by atoms with Crippen molar-refractivity contribution in [2.24, 2.45) is 0 Å². The number of carboxylic acids is 1. The molecule has 1 fully saturated rings. The van der Waals surface area contributed by atoms with E-state index < -0.39 is 5.97 Å². The Labute approximate surface area is 231 Å². The summed E-state index contributed by atoms with van der Waals surface area (Å²) in [5, 5.41) is 13.2. The van der Waals surface area contributed by atoms with E-state index in [2.05, 4.69) is 69.9 Å². The largest absolute Gasteiger partial charge is 0.489 e. The van der Waals surface area contributed by atoms with E-state index in [0.717, 1.165) is 55.4 Å². The Balaban J connectivity index is 0.00000400. The van der Waals surface area contributed by atoms with E-state index in [4.69, 9.17) is 14.4 Å². The molecule has 1 aliphatic heterocycles. The first kappa shape index (κ1) is 29.1. The Bertz CT molecular complexity index is 1220. The molecule has 2 heterocycles. The lowest BCUT2D eigenvalue weighted by Crippen LogP contribution is -2.46. The fourth-order valence-electron chi connectivity index (χ4n) is 4.25. The van der Waals surface area contributed by atoms with Crippen LogP contribution in [0, 0.1) is 11.8 Å². The van der Waals surface area contributed by atoms with Gasteiger partial charge in [0.2, 0.25) is 0 Å². The maximum atomic E-state index is 11.1. The number of benzene rings is 2. The molecule has 0 radical (unpaired) electrons. The molecule has 0 bridgehead atoms. The third kappa shape index (κ3) is 8.01. The second kappa shape index (κ2) is 13.9. The van der Waals surface area contributed by atoms with E-state index in [-0.39, 0.29) is 31.8 Å². The molecule has 9 heteroatoms. The Kier molecular flexibility index (Phi) is 10.6. The zero-order chi connectivity index (χ0) is 26.2. The van der Waals surface area contributed by atoms with Gasteiger partial charge >= 0.3 is 12.0 Å². The van der Waals surface area contributed by atoms with Crippen molar-refractivity contribution in [3.8, 4) is 17.6 Å². The second-order valence-corrected chi connectivity index (χ2v) is 9.57. The predicted octanol–water partition coefficient (Wildman–Crippen LogP) is 4.79. The number of ether oxygens (including phenoxy) is 1. The summed E-state index contributed by atoms with van der Waals surface area (Å²) in [6.45, 7) is 10.8. The van der Waals surface area contributed by atoms with Crippen LogP contribution in [0.15, 0.2) is 53.1 Å². The second-order valence-electron chi connectivity index (χ2n) is 9.57. The fraction of sp³-hybridized carbons (Fsp3) is 0.414. The minimum absolute atomic E-state index is 0. The Morgan fingerprint density at radius 3 is 2.29 bits per heavy atom. The van der Waals surface area contributed by atoms with Gasteiger partial charge < -0.3 is 19.3 Å². The van der Waals surface area contributed by atoms with Gasteiger partial charge in [0.15, 0.2) is 5.82 Å². The molecule has 1 saturated heterocycles. The minimum atomic E-state index is -0.859. The van der Waals surface area contributed by atoms with Crippen LogP contribution >= 0.6 is 13.5 Å². The average molecular weight is 537 g/mol. The van der Waals surface area contributed by atoms with E-state index in [0.29, 0.717) is 12.6 Å². The third-order valence-corrected chi connectivity index (χ3v) is 6.40. The Morgan fingerprint density at radius 2 is 1.71 bits per heavy atom. The molecule has 0 spiro atoms. The average Bonchev–Trinajstić information content (AvgIpc) is 3.40. The topological polar surface area (TPSA) is 91.9 Å². The smallest absolute Gasteiger partial charge is 0.324 e. The van der Waals surface area contributed by atoms with E-state index in [1.807, 2.05) is 24.3 Å². The van der Waals surface area contributed by atoms with Gasteiger partial charge in [-0.2, -0.15) is 18.5 Å². The van der Waals surface area contributed by atoms with Crippen molar-refractivity contribution in [3.05, 3.63) is 71.0 Å². The summed E-state index contributed by atoms with van der Waals surface area (Å²) >= 11 is 0. The van der Waals surface area contributed by atoms with Gasteiger partial charge in [0.1, 0.15) is 12.4 Å². The summed E-state index contributed by atoms with van der Waals surface area (Å²) in [4.78, 5) is 20.2. The summed E-state index contributed by atoms with van der Waals surface area (Å²) in [5.41, 5.74) is 3.24. The normalized spacial score (nSPS) is 14.4. The summed E-state index contributed by atoms with van der Waals surface area (Å²) in [6.07, 6.45) is -0.0130. The molecule has 8 nitrogen and oxygen atoms in total. The minimum Gasteiger partial charge on any atom is -0.489 e. The van der Waals surface area contributed by atoms with Gasteiger partial charge in [-0.05, 0) is 35.7 Å². The van der Waals surface area contributed by atoms with Crippen LogP contribution in [0.2, 0.25) is 0 Å². The highest BCUT2D eigenvalue weighted by Crippen LogP contribution is 2.23. The van der Waals surface area contributed by atoms with Crippen LogP contribution in [-0.4, -0.2) is 52.3 Å². The van der Waals surface area contributed by atoms with Crippen LogP contribution in [0.25, 0.3) is 0 Å². The van der Waals surface area contributed by atoms with Gasteiger partial charge in [-0.25, -0.2) is 0 Å². The van der Waals surface area contributed by atoms with Gasteiger partial charge in [-0.15, -0.1) is 5.92 Å². The van der Waals surface area contributed by atoms with Gasteiger partial charge in [-0.1, -0.05) is 61.3 Å². The molecule has 0 aliphatic carbocycles. The third-order valence-electron chi connectivity index (χ3n) is 6.40. The van der Waals surface area contributed by atoms with Crippen molar-refractivity contribution in [1.82, 2.24) is 15.0 Å². The molecule has 3 aromatic rings. The zero-order valence-electron chi connectivity index (χ0n) is 22.2. The molecule has 0 amide bonds. The maximum absolute atomic E-state index is 11.1. The first-order valence-corrected chi connectivity index (χ1v) is 12.7. The standard InChI is InChI=1S/C29H34N4O4.H2S/c1-4-5-25(18-27(34)35)24-10-12-26(13-11-24)36-20-23-8-6-22(7-9-23)19-32-14-16-33(17-15-32)29-30-28(21(2)3)31-37-29;/h6-13,21,25H,14-20H2,1-3H3,(H,34,35);1H2/t25-;/m0./s1. The highest BCUT2D eigenvalue weighted by atomic mass is 32.1. The van der Waals surface area contributed by atoms with Gasteiger partial charge in [0, 0.05) is 38.6 Å². The van der Waals surface area contributed by atoms with Crippen molar-refractivity contribution >= 4 is 25.5 Å². The fourth-order valence-corrected chi connectivity index (χ4v) is 4.25. The molecular formula is C29H36N4O4S. The number of hydrogen-bond acceptors (Lipinski definition) is 7. The summed E-state index contributed by atoms with van der Waals surface area (Å²) in [5.74, 6) is 6.37. The highest BCUT2D eigenvalue weighted by Gasteiger charge is 2.22. The van der Waals surface area contributed by atoms with Crippen LogP contribution in [0.1, 0.15) is 61.5 Å². The quantitative estimate of drug-likeness (QED) is 0.370. The van der Waals surface area contributed by atoms with Gasteiger partial charge in [0.05, 0.1) is 12.3 Å². The van der Waals surface area contributed by atoms with E-state index >= 15 is 0 Å². The molecule has 0 unspecified atom stereocenters. The molecule has 0 saturated carbocycles.